The quantitative estimate of drug-likeness (QED) is 0.644. The van der Waals surface area contributed by atoms with E-state index in [2.05, 4.69) is 19.2 Å². The van der Waals surface area contributed by atoms with Crippen molar-refractivity contribution in [3.8, 4) is 0 Å². The van der Waals surface area contributed by atoms with Gasteiger partial charge >= 0.3 is 0 Å². The molecular weight excluding hydrogens is 146 g/mol. The summed E-state index contributed by atoms with van der Waals surface area (Å²) in [6.45, 7) is 5.83. The molecule has 72 valence electrons. The van der Waals surface area contributed by atoms with Gasteiger partial charge < -0.3 is 5.32 Å². The fourth-order valence-electron chi connectivity index (χ4n) is 1.83. The normalized spacial score (nSPS) is 20.5. The molecule has 1 rings (SSSR count). The van der Waals surface area contributed by atoms with Gasteiger partial charge in [0.15, 0.2) is 0 Å². The van der Waals surface area contributed by atoms with Gasteiger partial charge in [0.2, 0.25) is 0 Å². The molecular formula is C11H23N. The number of hydrogen-bond donors (Lipinski definition) is 1. The van der Waals surface area contributed by atoms with Gasteiger partial charge in [-0.3, -0.25) is 0 Å². The molecule has 0 spiro atoms. The first kappa shape index (κ1) is 10.0. The van der Waals surface area contributed by atoms with Crippen LogP contribution in [0.1, 0.15) is 52.4 Å². The average molecular weight is 169 g/mol. The first-order valence-corrected chi connectivity index (χ1v) is 5.60. The second kappa shape index (κ2) is 5.58. The molecule has 1 N–H and O–H groups in total. The Morgan fingerprint density at radius 1 is 1.33 bits per heavy atom. The van der Waals surface area contributed by atoms with Crippen molar-refractivity contribution in [1.29, 1.82) is 0 Å². The molecule has 1 aliphatic rings. The summed E-state index contributed by atoms with van der Waals surface area (Å²) in [6, 6.07) is 0.788. The van der Waals surface area contributed by atoms with E-state index in [0.29, 0.717) is 0 Å². The van der Waals surface area contributed by atoms with Gasteiger partial charge in [0, 0.05) is 6.04 Å². The highest BCUT2D eigenvalue weighted by molar-refractivity contribution is 4.74. The summed E-state index contributed by atoms with van der Waals surface area (Å²) in [7, 11) is 0. The molecule has 1 fully saturated rings. The zero-order valence-electron chi connectivity index (χ0n) is 8.60. The highest BCUT2D eigenvalue weighted by Crippen LogP contribution is 2.25. The summed E-state index contributed by atoms with van der Waals surface area (Å²) in [5, 5.41) is 3.67. The summed E-state index contributed by atoms with van der Waals surface area (Å²) in [4.78, 5) is 0. The smallest absolute Gasteiger partial charge is 0.00644 e. The fourth-order valence-corrected chi connectivity index (χ4v) is 1.83. The lowest BCUT2D eigenvalue weighted by molar-refractivity contribution is 0.283. The monoisotopic (exact) mass is 169 g/mol. The van der Waals surface area contributed by atoms with Gasteiger partial charge in [-0.1, -0.05) is 26.7 Å². The molecule has 0 aromatic rings. The third-order valence-corrected chi connectivity index (χ3v) is 3.05. The van der Waals surface area contributed by atoms with Crippen LogP contribution in [0.15, 0.2) is 0 Å². The molecule has 1 unspecified atom stereocenters. The van der Waals surface area contributed by atoms with Crippen molar-refractivity contribution in [3.63, 3.8) is 0 Å². The maximum absolute atomic E-state index is 3.67. The molecule has 0 saturated heterocycles. The molecule has 0 radical (unpaired) electrons. The molecule has 0 heterocycles. The molecule has 1 aliphatic carbocycles. The molecule has 12 heavy (non-hydrogen) atoms. The Kier molecular flexibility index (Phi) is 4.67. The van der Waals surface area contributed by atoms with Gasteiger partial charge in [-0.25, -0.2) is 0 Å². The number of nitrogens with one attached hydrogen (secondary N) is 1. The topological polar surface area (TPSA) is 12.0 Å². The van der Waals surface area contributed by atoms with Crippen LogP contribution in [0.3, 0.4) is 0 Å². The third-order valence-electron chi connectivity index (χ3n) is 3.05. The first-order valence-electron chi connectivity index (χ1n) is 5.60. The molecule has 0 bridgehead atoms. The molecule has 1 heteroatoms. The predicted octanol–water partition coefficient (Wildman–Crippen LogP) is 2.95. The van der Waals surface area contributed by atoms with Gasteiger partial charge in [0.25, 0.3) is 0 Å². The van der Waals surface area contributed by atoms with Crippen LogP contribution >= 0.6 is 0 Å². The van der Waals surface area contributed by atoms with Gasteiger partial charge in [-0.05, 0) is 38.1 Å². The zero-order valence-corrected chi connectivity index (χ0v) is 8.60. The van der Waals surface area contributed by atoms with Crippen LogP contribution < -0.4 is 5.32 Å². The third kappa shape index (κ3) is 3.14. The Morgan fingerprint density at radius 3 is 2.50 bits per heavy atom. The Morgan fingerprint density at radius 2 is 2.08 bits per heavy atom. The standard InChI is InChI=1S/C11H23N/c1-3-6-11(4-2)12-9-10-7-5-8-10/h10-12H,3-9H2,1-2H3. The minimum atomic E-state index is 0.788. The fraction of sp³-hybridized carbons (Fsp3) is 1.00. The Balaban J connectivity index is 2.01. The SMILES string of the molecule is CCCC(CC)NCC1CCC1. The average Bonchev–Trinajstić information content (AvgIpc) is 2.00. The molecule has 0 aliphatic heterocycles. The molecule has 1 nitrogen and oxygen atoms in total. The Bertz CT molecular complexity index is 108. The van der Waals surface area contributed by atoms with E-state index in [-0.39, 0.29) is 0 Å². The van der Waals surface area contributed by atoms with E-state index in [0.717, 1.165) is 12.0 Å². The van der Waals surface area contributed by atoms with Gasteiger partial charge in [0.05, 0.1) is 0 Å². The molecule has 1 atom stereocenters. The summed E-state index contributed by atoms with van der Waals surface area (Å²) in [5.41, 5.74) is 0. The zero-order chi connectivity index (χ0) is 8.81. The van der Waals surface area contributed by atoms with E-state index >= 15 is 0 Å². The van der Waals surface area contributed by atoms with Crippen molar-refractivity contribution in [1.82, 2.24) is 5.32 Å². The van der Waals surface area contributed by atoms with Crippen molar-refractivity contribution in [3.05, 3.63) is 0 Å². The van der Waals surface area contributed by atoms with E-state index in [9.17, 15) is 0 Å². The van der Waals surface area contributed by atoms with Crippen LogP contribution in [-0.2, 0) is 0 Å². The maximum Gasteiger partial charge on any atom is 0.00644 e. The van der Waals surface area contributed by atoms with E-state index < -0.39 is 0 Å². The highest BCUT2D eigenvalue weighted by Gasteiger charge is 2.17. The van der Waals surface area contributed by atoms with Gasteiger partial charge in [-0.2, -0.15) is 0 Å². The minimum absolute atomic E-state index is 0.788. The molecule has 1 saturated carbocycles. The summed E-state index contributed by atoms with van der Waals surface area (Å²) in [6.07, 6.45) is 8.36. The van der Waals surface area contributed by atoms with Crippen molar-refractivity contribution in [2.24, 2.45) is 5.92 Å². The summed E-state index contributed by atoms with van der Waals surface area (Å²) in [5.74, 6) is 1.01. The Labute approximate surface area is 76.9 Å². The van der Waals surface area contributed by atoms with Crippen LogP contribution in [0.4, 0.5) is 0 Å². The molecule has 0 amide bonds. The van der Waals surface area contributed by atoms with Crippen molar-refractivity contribution in [2.45, 2.75) is 58.4 Å². The van der Waals surface area contributed by atoms with E-state index in [4.69, 9.17) is 0 Å². The van der Waals surface area contributed by atoms with Crippen molar-refractivity contribution < 1.29 is 0 Å². The summed E-state index contributed by atoms with van der Waals surface area (Å²) >= 11 is 0. The van der Waals surface area contributed by atoms with Crippen LogP contribution in [0, 0.1) is 5.92 Å². The van der Waals surface area contributed by atoms with Crippen LogP contribution in [-0.4, -0.2) is 12.6 Å². The largest absolute Gasteiger partial charge is 0.314 e. The van der Waals surface area contributed by atoms with E-state index in [1.807, 2.05) is 0 Å². The lowest BCUT2D eigenvalue weighted by Gasteiger charge is -2.28. The van der Waals surface area contributed by atoms with Gasteiger partial charge in [-0.15, -0.1) is 0 Å². The number of rotatable bonds is 6. The van der Waals surface area contributed by atoms with Crippen LogP contribution in [0.25, 0.3) is 0 Å². The molecule has 0 aromatic carbocycles. The maximum atomic E-state index is 3.67. The van der Waals surface area contributed by atoms with E-state index in [1.54, 1.807) is 0 Å². The van der Waals surface area contributed by atoms with Crippen LogP contribution in [0.2, 0.25) is 0 Å². The highest BCUT2D eigenvalue weighted by atomic mass is 14.9. The first-order chi connectivity index (χ1) is 5.86. The lowest BCUT2D eigenvalue weighted by atomic mass is 9.85. The summed E-state index contributed by atoms with van der Waals surface area (Å²) < 4.78 is 0. The van der Waals surface area contributed by atoms with Crippen LogP contribution in [0.5, 0.6) is 0 Å². The van der Waals surface area contributed by atoms with Gasteiger partial charge in [0.1, 0.15) is 0 Å². The molecule has 0 aromatic heterocycles. The number of hydrogen-bond acceptors (Lipinski definition) is 1. The predicted molar refractivity (Wildman–Crippen MR) is 54.3 cm³/mol. The minimum Gasteiger partial charge on any atom is -0.314 e. The second-order valence-corrected chi connectivity index (χ2v) is 4.10. The Hall–Kier alpha value is -0.0400. The second-order valence-electron chi connectivity index (χ2n) is 4.10. The van der Waals surface area contributed by atoms with Crippen molar-refractivity contribution >= 4 is 0 Å². The van der Waals surface area contributed by atoms with Crippen molar-refractivity contribution in [2.75, 3.05) is 6.54 Å². The van der Waals surface area contributed by atoms with E-state index in [1.165, 1.54) is 45.1 Å². The lowest BCUT2D eigenvalue weighted by Crippen LogP contribution is -2.35.